The lowest BCUT2D eigenvalue weighted by Gasteiger charge is -2.15. The molecule has 3 rings (SSSR count). The van der Waals surface area contributed by atoms with Crippen LogP contribution >= 0.6 is 0 Å². The number of alkyl halides is 9. The second kappa shape index (κ2) is 7.47. The average Bonchev–Trinajstić information content (AvgIpc) is 2.66. The second-order valence-corrected chi connectivity index (χ2v) is 6.40. The van der Waals surface area contributed by atoms with Crippen molar-refractivity contribution in [3.8, 4) is 28.1 Å². The number of halogens is 9. The van der Waals surface area contributed by atoms with Crippen LogP contribution in [0.4, 0.5) is 39.5 Å². The Morgan fingerprint density at radius 3 is 1.39 bits per heavy atom. The predicted octanol–water partition coefficient (Wildman–Crippen LogP) is 7.18. The Bertz CT molecular complexity index is 1000. The molecule has 0 aliphatic carbocycles. The molecular formula is C20H10F9NO. The Hall–Kier alpha value is -3.24. The van der Waals surface area contributed by atoms with Gasteiger partial charge in [-0.3, -0.25) is 0 Å². The zero-order valence-electron chi connectivity index (χ0n) is 15.0. The Morgan fingerprint density at radius 1 is 0.581 bits per heavy atom. The minimum atomic E-state index is -4.99. The molecule has 0 aliphatic heterocycles. The van der Waals surface area contributed by atoms with Crippen molar-refractivity contribution >= 4 is 0 Å². The van der Waals surface area contributed by atoms with Crippen molar-refractivity contribution < 1.29 is 44.6 Å². The molecule has 0 fully saturated rings. The fourth-order valence-corrected chi connectivity index (χ4v) is 2.76. The third-order valence-electron chi connectivity index (χ3n) is 4.29. The van der Waals surface area contributed by atoms with Crippen molar-refractivity contribution in [2.24, 2.45) is 0 Å². The van der Waals surface area contributed by atoms with Crippen LogP contribution in [0.15, 0.2) is 54.6 Å². The number of aromatic hydroxyl groups is 1. The van der Waals surface area contributed by atoms with E-state index in [0.717, 1.165) is 24.3 Å². The minimum absolute atomic E-state index is 0.174. The average molecular weight is 451 g/mol. The summed E-state index contributed by atoms with van der Waals surface area (Å²) in [6.07, 6.45) is -14.4. The van der Waals surface area contributed by atoms with Crippen molar-refractivity contribution in [3.05, 3.63) is 71.4 Å². The number of hydrogen-bond acceptors (Lipinski definition) is 2. The second-order valence-electron chi connectivity index (χ2n) is 6.40. The first-order chi connectivity index (χ1) is 14.2. The first-order valence-electron chi connectivity index (χ1n) is 8.34. The predicted molar refractivity (Wildman–Crippen MR) is 91.8 cm³/mol. The molecule has 2 aromatic carbocycles. The van der Waals surface area contributed by atoms with E-state index in [4.69, 9.17) is 0 Å². The summed E-state index contributed by atoms with van der Waals surface area (Å²) >= 11 is 0. The van der Waals surface area contributed by atoms with Gasteiger partial charge in [-0.05, 0) is 35.9 Å². The minimum Gasteiger partial charge on any atom is -0.505 e. The lowest BCUT2D eigenvalue weighted by Crippen LogP contribution is -2.09. The maximum atomic E-state index is 13.3. The third-order valence-corrected chi connectivity index (χ3v) is 4.29. The molecule has 0 saturated heterocycles. The topological polar surface area (TPSA) is 33.1 Å². The number of nitrogens with zero attached hydrogens (tertiary/aromatic N) is 1. The number of hydrogen-bond donors (Lipinski definition) is 1. The molecule has 0 radical (unpaired) electrons. The quantitative estimate of drug-likeness (QED) is 0.419. The van der Waals surface area contributed by atoms with Gasteiger partial charge in [0, 0.05) is 11.1 Å². The van der Waals surface area contributed by atoms with E-state index in [1.807, 2.05) is 0 Å². The van der Waals surface area contributed by atoms with Crippen LogP contribution in [0.2, 0.25) is 0 Å². The number of pyridine rings is 1. The number of rotatable bonds is 2. The molecule has 3 aromatic rings. The highest BCUT2D eigenvalue weighted by atomic mass is 19.4. The standard InChI is InChI=1S/C20H10F9NO/c21-18(22,23)12-5-1-10(2-6-12)14-9-15(20(27,28)29)30-16(17(14)31)11-3-7-13(8-4-11)19(24,25)26/h1-9,31H. The summed E-state index contributed by atoms with van der Waals surface area (Å²) in [5, 5.41) is 10.5. The van der Waals surface area contributed by atoms with Crippen LogP contribution < -0.4 is 0 Å². The smallest absolute Gasteiger partial charge is 0.433 e. The molecule has 164 valence electrons. The van der Waals surface area contributed by atoms with E-state index in [1.54, 1.807) is 0 Å². The highest BCUT2D eigenvalue weighted by Crippen LogP contribution is 2.42. The SMILES string of the molecule is Oc1c(-c2ccc(C(F)(F)F)cc2)cc(C(F)(F)F)nc1-c1ccc(C(F)(F)F)cc1. The summed E-state index contributed by atoms with van der Waals surface area (Å²) in [6.45, 7) is 0. The van der Waals surface area contributed by atoms with Gasteiger partial charge in [0.2, 0.25) is 0 Å². The van der Waals surface area contributed by atoms with E-state index in [1.165, 1.54) is 0 Å². The van der Waals surface area contributed by atoms with Crippen LogP contribution in [-0.4, -0.2) is 10.1 Å². The molecule has 0 amide bonds. The van der Waals surface area contributed by atoms with Gasteiger partial charge in [-0.25, -0.2) is 4.98 Å². The van der Waals surface area contributed by atoms with Gasteiger partial charge in [-0.1, -0.05) is 24.3 Å². The molecule has 2 nitrogen and oxygen atoms in total. The highest BCUT2D eigenvalue weighted by molar-refractivity contribution is 5.80. The third kappa shape index (κ3) is 4.75. The van der Waals surface area contributed by atoms with E-state index in [-0.39, 0.29) is 11.1 Å². The molecule has 0 unspecified atom stereocenters. The Labute approximate surface area is 168 Å². The van der Waals surface area contributed by atoms with Crippen molar-refractivity contribution in [1.29, 1.82) is 0 Å². The van der Waals surface area contributed by atoms with Crippen molar-refractivity contribution in [1.82, 2.24) is 4.98 Å². The van der Waals surface area contributed by atoms with Gasteiger partial charge in [0.05, 0.1) is 11.1 Å². The lowest BCUT2D eigenvalue weighted by atomic mass is 9.98. The highest BCUT2D eigenvalue weighted by Gasteiger charge is 2.35. The Balaban J connectivity index is 2.17. The van der Waals surface area contributed by atoms with Crippen LogP contribution in [-0.2, 0) is 18.5 Å². The first kappa shape index (κ1) is 22.4. The largest absolute Gasteiger partial charge is 0.505 e. The first-order valence-corrected chi connectivity index (χ1v) is 8.34. The van der Waals surface area contributed by atoms with Crippen molar-refractivity contribution in [3.63, 3.8) is 0 Å². The van der Waals surface area contributed by atoms with E-state index in [0.29, 0.717) is 30.3 Å². The maximum absolute atomic E-state index is 13.3. The summed E-state index contributed by atoms with van der Waals surface area (Å²) < 4.78 is 116. The molecule has 1 aromatic heterocycles. The number of aromatic nitrogens is 1. The molecule has 1 N–H and O–H groups in total. The molecule has 0 spiro atoms. The fourth-order valence-electron chi connectivity index (χ4n) is 2.76. The molecule has 0 saturated carbocycles. The van der Waals surface area contributed by atoms with Crippen LogP contribution in [0.3, 0.4) is 0 Å². The summed E-state index contributed by atoms with van der Waals surface area (Å²) in [5.41, 5.74) is -5.16. The van der Waals surface area contributed by atoms with Gasteiger partial charge in [0.25, 0.3) is 0 Å². The van der Waals surface area contributed by atoms with Crippen molar-refractivity contribution in [2.45, 2.75) is 18.5 Å². The number of benzene rings is 2. The van der Waals surface area contributed by atoms with Gasteiger partial charge >= 0.3 is 18.5 Å². The lowest BCUT2D eigenvalue weighted by molar-refractivity contribution is -0.141. The molecule has 31 heavy (non-hydrogen) atoms. The summed E-state index contributed by atoms with van der Waals surface area (Å²) in [6, 6.07) is 6.32. The summed E-state index contributed by atoms with van der Waals surface area (Å²) in [5.74, 6) is -0.826. The zero-order chi connectivity index (χ0) is 23.2. The molecule has 0 atom stereocenters. The Kier molecular flexibility index (Phi) is 5.41. The maximum Gasteiger partial charge on any atom is 0.433 e. The van der Waals surface area contributed by atoms with Gasteiger partial charge in [-0.15, -0.1) is 0 Å². The molecule has 0 aliphatic rings. The normalized spacial score (nSPS) is 12.8. The summed E-state index contributed by atoms with van der Waals surface area (Å²) in [7, 11) is 0. The van der Waals surface area contributed by atoms with E-state index in [9.17, 15) is 44.6 Å². The molecule has 0 bridgehead atoms. The molecule has 11 heteroatoms. The van der Waals surface area contributed by atoms with Crippen LogP contribution in [0.5, 0.6) is 5.75 Å². The molecule has 1 heterocycles. The van der Waals surface area contributed by atoms with E-state index in [2.05, 4.69) is 4.98 Å². The van der Waals surface area contributed by atoms with Gasteiger partial charge < -0.3 is 5.11 Å². The van der Waals surface area contributed by atoms with Crippen LogP contribution in [0.1, 0.15) is 16.8 Å². The van der Waals surface area contributed by atoms with E-state index >= 15 is 0 Å². The van der Waals surface area contributed by atoms with Gasteiger partial charge in [-0.2, -0.15) is 39.5 Å². The Morgan fingerprint density at radius 2 is 1.00 bits per heavy atom. The van der Waals surface area contributed by atoms with E-state index < -0.39 is 52.4 Å². The zero-order valence-corrected chi connectivity index (χ0v) is 15.0. The fraction of sp³-hybridized carbons (Fsp3) is 0.150. The van der Waals surface area contributed by atoms with Crippen LogP contribution in [0, 0.1) is 0 Å². The van der Waals surface area contributed by atoms with Gasteiger partial charge in [0.1, 0.15) is 17.1 Å². The van der Waals surface area contributed by atoms with Crippen LogP contribution in [0.25, 0.3) is 22.4 Å². The van der Waals surface area contributed by atoms with Gasteiger partial charge in [0.15, 0.2) is 0 Å². The van der Waals surface area contributed by atoms with Crippen molar-refractivity contribution in [2.75, 3.05) is 0 Å². The monoisotopic (exact) mass is 451 g/mol. The molecular weight excluding hydrogens is 441 g/mol. The summed E-state index contributed by atoms with van der Waals surface area (Å²) in [4.78, 5) is 3.31.